The van der Waals surface area contributed by atoms with Crippen LogP contribution in [0.1, 0.15) is 11.5 Å². The van der Waals surface area contributed by atoms with E-state index in [0.29, 0.717) is 17.7 Å². The third-order valence-electron chi connectivity index (χ3n) is 2.37. The molecule has 0 aliphatic carbocycles. The van der Waals surface area contributed by atoms with E-state index in [-0.39, 0.29) is 0 Å². The standard InChI is InChI=1S/C12H14N2OS/c13-8-11(10-4-2-1-3-5-10)9-16-12-14-6-7-15-12/h1-7,11H,8-9,13H2. The highest BCUT2D eigenvalue weighted by molar-refractivity contribution is 7.99. The van der Waals surface area contributed by atoms with Crippen LogP contribution in [-0.2, 0) is 0 Å². The Hall–Kier alpha value is -1.26. The van der Waals surface area contributed by atoms with Crippen molar-refractivity contribution in [3.05, 3.63) is 48.4 Å². The van der Waals surface area contributed by atoms with Crippen molar-refractivity contribution in [3.63, 3.8) is 0 Å². The van der Waals surface area contributed by atoms with Crippen LogP contribution in [0.25, 0.3) is 0 Å². The highest BCUT2D eigenvalue weighted by atomic mass is 32.2. The number of nitrogens with two attached hydrogens (primary N) is 1. The van der Waals surface area contributed by atoms with E-state index in [2.05, 4.69) is 17.1 Å². The number of hydrogen-bond donors (Lipinski definition) is 1. The number of aromatic nitrogens is 1. The molecule has 0 aliphatic heterocycles. The van der Waals surface area contributed by atoms with Crippen molar-refractivity contribution in [2.45, 2.75) is 11.1 Å². The van der Waals surface area contributed by atoms with Crippen LogP contribution in [0.3, 0.4) is 0 Å². The second-order valence-electron chi connectivity index (χ2n) is 3.45. The molecule has 16 heavy (non-hydrogen) atoms. The second kappa shape index (κ2) is 5.72. The maximum Gasteiger partial charge on any atom is 0.255 e. The molecule has 1 heterocycles. The van der Waals surface area contributed by atoms with Crippen molar-refractivity contribution >= 4 is 11.8 Å². The summed E-state index contributed by atoms with van der Waals surface area (Å²) in [4.78, 5) is 4.07. The summed E-state index contributed by atoms with van der Waals surface area (Å²) in [5, 5.41) is 0.703. The average molecular weight is 234 g/mol. The van der Waals surface area contributed by atoms with Gasteiger partial charge >= 0.3 is 0 Å². The summed E-state index contributed by atoms with van der Waals surface area (Å²) in [6.07, 6.45) is 3.24. The number of thioether (sulfide) groups is 1. The first-order chi connectivity index (χ1) is 7.90. The Kier molecular flexibility index (Phi) is 4.02. The Morgan fingerprint density at radius 3 is 2.75 bits per heavy atom. The van der Waals surface area contributed by atoms with Crippen molar-refractivity contribution in [1.29, 1.82) is 0 Å². The number of hydrogen-bond acceptors (Lipinski definition) is 4. The van der Waals surface area contributed by atoms with Crippen molar-refractivity contribution in [2.24, 2.45) is 5.73 Å². The summed E-state index contributed by atoms with van der Waals surface area (Å²) in [5.41, 5.74) is 7.05. The monoisotopic (exact) mass is 234 g/mol. The minimum Gasteiger partial charge on any atom is -0.440 e. The predicted molar refractivity (Wildman–Crippen MR) is 65.5 cm³/mol. The van der Waals surface area contributed by atoms with E-state index in [4.69, 9.17) is 10.2 Å². The van der Waals surface area contributed by atoms with Gasteiger partial charge in [-0.1, -0.05) is 42.1 Å². The molecule has 2 aromatic rings. The molecule has 1 aromatic carbocycles. The van der Waals surface area contributed by atoms with Gasteiger partial charge in [-0.3, -0.25) is 0 Å². The molecular weight excluding hydrogens is 220 g/mol. The van der Waals surface area contributed by atoms with Crippen molar-refractivity contribution in [2.75, 3.05) is 12.3 Å². The SMILES string of the molecule is NCC(CSc1ncco1)c1ccccc1. The summed E-state index contributed by atoms with van der Waals surface area (Å²) < 4.78 is 5.18. The van der Waals surface area contributed by atoms with Gasteiger partial charge in [-0.15, -0.1) is 0 Å². The molecular formula is C12H14N2OS. The fourth-order valence-electron chi connectivity index (χ4n) is 1.48. The van der Waals surface area contributed by atoms with Crippen molar-refractivity contribution < 1.29 is 4.42 Å². The minimum absolute atomic E-state index is 0.345. The van der Waals surface area contributed by atoms with Crippen LogP contribution in [0.4, 0.5) is 0 Å². The molecule has 1 unspecified atom stereocenters. The quantitative estimate of drug-likeness (QED) is 0.808. The van der Waals surface area contributed by atoms with Gasteiger partial charge in [0.15, 0.2) is 0 Å². The maximum absolute atomic E-state index is 5.78. The van der Waals surface area contributed by atoms with E-state index in [9.17, 15) is 0 Å². The van der Waals surface area contributed by atoms with Gasteiger partial charge in [0.1, 0.15) is 6.26 Å². The molecule has 1 aromatic heterocycles. The molecule has 4 heteroatoms. The van der Waals surface area contributed by atoms with E-state index in [1.807, 2.05) is 18.2 Å². The lowest BCUT2D eigenvalue weighted by Crippen LogP contribution is -2.14. The molecule has 3 nitrogen and oxygen atoms in total. The predicted octanol–water partition coefficient (Wildman–Crippen LogP) is 2.51. The Labute approximate surface area is 99.1 Å². The molecule has 2 N–H and O–H groups in total. The normalized spacial score (nSPS) is 12.6. The van der Waals surface area contributed by atoms with Crippen LogP contribution in [0.15, 0.2) is 52.4 Å². The van der Waals surface area contributed by atoms with Gasteiger partial charge in [0, 0.05) is 11.7 Å². The second-order valence-corrected chi connectivity index (χ2v) is 4.42. The topological polar surface area (TPSA) is 52.0 Å². The lowest BCUT2D eigenvalue weighted by molar-refractivity contribution is 0.454. The molecule has 0 bridgehead atoms. The van der Waals surface area contributed by atoms with Crippen molar-refractivity contribution in [3.8, 4) is 0 Å². The zero-order chi connectivity index (χ0) is 11.2. The van der Waals surface area contributed by atoms with E-state index in [1.165, 1.54) is 5.56 Å². The third kappa shape index (κ3) is 2.87. The lowest BCUT2D eigenvalue weighted by Gasteiger charge is -2.13. The summed E-state index contributed by atoms with van der Waals surface area (Å²) in [5.74, 6) is 1.24. The van der Waals surface area contributed by atoms with E-state index in [1.54, 1.807) is 24.2 Å². The molecule has 0 aliphatic rings. The molecule has 0 radical (unpaired) electrons. The molecule has 0 fully saturated rings. The summed E-state index contributed by atoms with van der Waals surface area (Å²) in [6.45, 7) is 0.637. The molecule has 2 rings (SSSR count). The minimum atomic E-state index is 0.345. The summed E-state index contributed by atoms with van der Waals surface area (Å²) in [6, 6.07) is 10.3. The largest absolute Gasteiger partial charge is 0.440 e. The first-order valence-electron chi connectivity index (χ1n) is 5.17. The summed E-state index contributed by atoms with van der Waals surface area (Å²) >= 11 is 1.60. The Balaban J connectivity index is 1.96. The van der Waals surface area contributed by atoms with E-state index >= 15 is 0 Å². The number of oxazole rings is 1. The first kappa shape index (κ1) is 11.2. The highest BCUT2D eigenvalue weighted by Crippen LogP contribution is 2.24. The van der Waals surface area contributed by atoms with Crippen LogP contribution in [0, 0.1) is 0 Å². The molecule has 0 spiro atoms. The zero-order valence-corrected chi connectivity index (χ0v) is 9.69. The van der Waals surface area contributed by atoms with Gasteiger partial charge in [-0.2, -0.15) is 0 Å². The highest BCUT2D eigenvalue weighted by Gasteiger charge is 2.11. The van der Waals surface area contributed by atoms with Crippen LogP contribution < -0.4 is 5.73 Å². The van der Waals surface area contributed by atoms with Gasteiger partial charge in [-0.25, -0.2) is 4.98 Å². The lowest BCUT2D eigenvalue weighted by atomic mass is 10.0. The third-order valence-corrected chi connectivity index (χ3v) is 3.39. The maximum atomic E-state index is 5.78. The van der Waals surface area contributed by atoms with Crippen LogP contribution in [0.2, 0.25) is 0 Å². The molecule has 1 atom stereocenters. The van der Waals surface area contributed by atoms with Gasteiger partial charge in [0.2, 0.25) is 0 Å². The Bertz CT molecular complexity index is 402. The average Bonchev–Trinajstić information content (AvgIpc) is 2.84. The van der Waals surface area contributed by atoms with Crippen LogP contribution in [0.5, 0.6) is 0 Å². The summed E-state index contributed by atoms with van der Waals surface area (Å²) in [7, 11) is 0. The zero-order valence-electron chi connectivity index (χ0n) is 8.87. The number of benzene rings is 1. The molecule has 0 saturated heterocycles. The number of nitrogens with zero attached hydrogens (tertiary/aromatic N) is 1. The number of rotatable bonds is 5. The first-order valence-corrected chi connectivity index (χ1v) is 6.16. The van der Waals surface area contributed by atoms with Gasteiger partial charge in [-0.05, 0) is 12.1 Å². The molecule has 84 valence electrons. The van der Waals surface area contributed by atoms with Crippen molar-refractivity contribution in [1.82, 2.24) is 4.98 Å². The Morgan fingerprint density at radius 1 is 1.31 bits per heavy atom. The van der Waals surface area contributed by atoms with E-state index < -0.39 is 0 Å². The van der Waals surface area contributed by atoms with Crippen LogP contribution >= 0.6 is 11.8 Å². The van der Waals surface area contributed by atoms with Gasteiger partial charge in [0.05, 0.1) is 6.20 Å². The van der Waals surface area contributed by atoms with E-state index in [0.717, 1.165) is 5.75 Å². The fraction of sp³-hybridized carbons (Fsp3) is 0.250. The molecule has 0 amide bonds. The van der Waals surface area contributed by atoms with Crippen LogP contribution in [-0.4, -0.2) is 17.3 Å². The Morgan fingerprint density at radius 2 is 2.12 bits per heavy atom. The molecule has 0 saturated carbocycles. The van der Waals surface area contributed by atoms with Gasteiger partial charge < -0.3 is 10.2 Å². The fourth-order valence-corrected chi connectivity index (χ4v) is 2.41. The smallest absolute Gasteiger partial charge is 0.255 e. The van der Waals surface area contributed by atoms with Gasteiger partial charge in [0.25, 0.3) is 5.22 Å².